The van der Waals surface area contributed by atoms with Crippen LogP contribution >= 0.6 is 11.8 Å². The van der Waals surface area contributed by atoms with Crippen LogP contribution in [0.5, 0.6) is 0 Å². The van der Waals surface area contributed by atoms with Gasteiger partial charge in [0.05, 0.1) is 17.1 Å². The fraction of sp³-hybridized carbons (Fsp3) is 0.481. The van der Waals surface area contributed by atoms with Gasteiger partial charge in [-0.2, -0.15) is 0 Å². The Morgan fingerprint density at radius 2 is 1.94 bits per heavy atom. The SMILES string of the molecule is CN1CCC(OC(c2cccc(SCC(N)C(=O)OC(C)(C)C)c2)c2nc3ccccc3[nH]2)CC1. The van der Waals surface area contributed by atoms with E-state index in [2.05, 4.69) is 29.1 Å². The summed E-state index contributed by atoms with van der Waals surface area (Å²) < 4.78 is 12.1. The summed E-state index contributed by atoms with van der Waals surface area (Å²) in [5.74, 6) is 0.855. The van der Waals surface area contributed by atoms with Crippen molar-refractivity contribution in [1.82, 2.24) is 14.9 Å². The zero-order chi connectivity index (χ0) is 25.0. The summed E-state index contributed by atoms with van der Waals surface area (Å²) in [6, 6.07) is 15.6. The normalized spacial score (nSPS) is 17.4. The second-order valence-corrected chi connectivity index (χ2v) is 11.3. The van der Waals surface area contributed by atoms with Crippen molar-refractivity contribution in [2.24, 2.45) is 5.73 Å². The Hall–Kier alpha value is -2.39. The second kappa shape index (κ2) is 11.1. The summed E-state index contributed by atoms with van der Waals surface area (Å²) >= 11 is 1.54. The molecule has 2 heterocycles. The Bertz CT molecular complexity index is 1100. The number of aromatic amines is 1. The smallest absolute Gasteiger partial charge is 0.324 e. The molecule has 0 bridgehead atoms. The van der Waals surface area contributed by atoms with Crippen LogP contribution in [0, 0.1) is 0 Å². The molecule has 2 aromatic carbocycles. The Balaban J connectivity index is 1.53. The molecule has 0 aliphatic carbocycles. The molecule has 2 unspecified atom stereocenters. The Kier molecular flexibility index (Phi) is 8.16. The van der Waals surface area contributed by atoms with Crippen molar-refractivity contribution in [1.29, 1.82) is 0 Å². The van der Waals surface area contributed by atoms with Gasteiger partial charge in [-0.3, -0.25) is 4.79 Å². The molecular weight excluding hydrogens is 460 g/mol. The summed E-state index contributed by atoms with van der Waals surface area (Å²) in [6.45, 7) is 7.58. The summed E-state index contributed by atoms with van der Waals surface area (Å²) in [4.78, 5) is 23.9. The van der Waals surface area contributed by atoms with Crippen LogP contribution in [0.4, 0.5) is 0 Å². The van der Waals surface area contributed by atoms with Gasteiger partial charge in [-0.15, -0.1) is 11.8 Å². The molecule has 4 rings (SSSR count). The van der Waals surface area contributed by atoms with Gasteiger partial charge in [-0.1, -0.05) is 24.3 Å². The van der Waals surface area contributed by atoms with Gasteiger partial charge in [0.15, 0.2) is 0 Å². The van der Waals surface area contributed by atoms with Crippen molar-refractivity contribution in [3.05, 3.63) is 59.9 Å². The number of piperidine rings is 1. The van der Waals surface area contributed by atoms with Crippen LogP contribution in [0.3, 0.4) is 0 Å². The predicted molar refractivity (Wildman–Crippen MR) is 141 cm³/mol. The quantitative estimate of drug-likeness (QED) is 0.350. The molecule has 0 saturated carbocycles. The Morgan fingerprint density at radius 3 is 2.66 bits per heavy atom. The van der Waals surface area contributed by atoms with Gasteiger partial charge in [-0.05, 0) is 70.5 Å². The number of hydrogen-bond acceptors (Lipinski definition) is 7. The van der Waals surface area contributed by atoms with E-state index in [4.69, 9.17) is 20.2 Å². The fourth-order valence-corrected chi connectivity index (χ4v) is 5.01. The maximum atomic E-state index is 12.3. The third kappa shape index (κ3) is 7.07. The van der Waals surface area contributed by atoms with E-state index in [1.165, 1.54) is 0 Å². The van der Waals surface area contributed by atoms with E-state index in [1.54, 1.807) is 11.8 Å². The van der Waals surface area contributed by atoms with Crippen LogP contribution in [0.2, 0.25) is 0 Å². The summed E-state index contributed by atoms with van der Waals surface area (Å²) in [5.41, 5.74) is 8.49. The highest BCUT2D eigenvalue weighted by atomic mass is 32.2. The lowest BCUT2D eigenvalue weighted by Gasteiger charge is -2.31. The second-order valence-electron chi connectivity index (χ2n) is 10.2. The number of nitrogens with zero attached hydrogens (tertiary/aromatic N) is 2. The first kappa shape index (κ1) is 25.7. The van der Waals surface area contributed by atoms with Gasteiger partial charge >= 0.3 is 5.97 Å². The number of H-pyrrole nitrogens is 1. The molecule has 1 aromatic heterocycles. The van der Waals surface area contributed by atoms with Crippen LogP contribution in [-0.2, 0) is 14.3 Å². The number of ether oxygens (including phenoxy) is 2. The number of imidazole rings is 1. The van der Waals surface area contributed by atoms with Crippen molar-refractivity contribution in [3.8, 4) is 0 Å². The Labute approximate surface area is 211 Å². The zero-order valence-electron chi connectivity index (χ0n) is 21.0. The minimum absolute atomic E-state index is 0.168. The van der Waals surface area contributed by atoms with Crippen LogP contribution in [0.25, 0.3) is 11.0 Å². The van der Waals surface area contributed by atoms with E-state index in [0.717, 1.165) is 53.2 Å². The number of nitrogens with one attached hydrogen (secondary N) is 1. The van der Waals surface area contributed by atoms with E-state index in [1.807, 2.05) is 57.2 Å². The molecule has 3 aromatic rings. The lowest BCUT2D eigenvalue weighted by molar-refractivity contribution is -0.155. The molecule has 1 aliphatic heterocycles. The molecule has 0 amide bonds. The minimum atomic E-state index is -0.690. The number of benzene rings is 2. The number of fused-ring (bicyclic) bond motifs is 1. The van der Waals surface area contributed by atoms with E-state index < -0.39 is 11.6 Å². The number of carbonyl (C=O) groups excluding carboxylic acids is 1. The molecular formula is C27H36N4O3S. The topological polar surface area (TPSA) is 93.5 Å². The highest BCUT2D eigenvalue weighted by Crippen LogP contribution is 2.32. The number of hydrogen-bond donors (Lipinski definition) is 2. The maximum Gasteiger partial charge on any atom is 0.324 e. The number of esters is 1. The predicted octanol–water partition coefficient (Wildman–Crippen LogP) is 4.52. The number of likely N-dealkylation sites (tertiary alicyclic amines) is 1. The summed E-state index contributed by atoms with van der Waals surface area (Å²) in [7, 11) is 2.15. The molecule has 1 fully saturated rings. The third-order valence-electron chi connectivity index (χ3n) is 5.95. The lowest BCUT2D eigenvalue weighted by atomic mass is 10.1. The third-order valence-corrected chi connectivity index (χ3v) is 7.06. The first-order valence-corrected chi connectivity index (χ1v) is 13.2. The van der Waals surface area contributed by atoms with E-state index in [9.17, 15) is 4.79 Å². The van der Waals surface area contributed by atoms with Crippen LogP contribution in [0.1, 0.15) is 51.1 Å². The van der Waals surface area contributed by atoms with Crippen LogP contribution in [0.15, 0.2) is 53.4 Å². The van der Waals surface area contributed by atoms with Gasteiger partial charge in [0.25, 0.3) is 0 Å². The van der Waals surface area contributed by atoms with Gasteiger partial charge in [0.1, 0.15) is 23.6 Å². The average Bonchev–Trinajstić information content (AvgIpc) is 3.25. The molecule has 1 aliphatic rings. The molecule has 8 heteroatoms. The number of rotatable bonds is 8. The maximum absolute atomic E-state index is 12.3. The number of carbonyl (C=O) groups is 1. The van der Waals surface area contributed by atoms with E-state index in [-0.39, 0.29) is 18.2 Å². The largest absolute Gasteiger partial charge is 0.459 e. The molecule has 0 spiro atoms. The first-order chi connectivity index (χ1) is 16.7. The molecule has 35 heavy (non-hydrogen) atoms. The number of para-hydroxylation sites is 2. The van der Waals surface area contributed by atoms with Crippen molar-refractivity contribution < 1.29 is 14.3 Å². The lowest BCUT2D eigenvalue weighted by Crippen LogP contribution is -2.39. The van der Waals surface area contributed by atoms with Crippen molar-refractivity contribution >= 4 is 28.8 Å². The first-order valence-electron chi connectivity index (χ1n) is 12.2. The molecule has 0 radical (unpaired) electrons. The fourth-order valence-electron chi connectivity index (χ4n) is 4.11. The van der Waals surface area contributed by atoms with Crippen molar-refractivity contribution in [3.63, 3.8) is 0 Å². The van der Waals surface area contributed by atoms with E-state index in [0.29, 0.717) is 5.75 Å². The number of aromatic nitrogens is 2. The van der Waals surface area contributed by atoms with Crippen molar-refractivity contribution in [2.75, 3.05) is 25.9 Å². The molecule has 2 atom stereocenters. The average molecular weight is 497 g/mol. The summed E-state index contributed by atoms with van der Waals surface area (Å²) in [6.07, 6.45) is 1.84. The van der Waals surface area contributed by atoms with Gasteiger partial charge in [0.2, 0.25) is 0 Å². The Morgan fingerprint density at radius 1 is 1.20 bits per heavy atom. The van der Waals surface area contributed by atoms with Crippen LogP contribution < -0.4 is 5.73 Å². The minimum Gasteiger partial charge on any atom is -0.459 e. The monoisotopic (exact) mass is 496 g/mol. The highest BCUT2D eigenvalue weighted by Gasteiger charge is 2.27. The zero-order valence-corrected chi connectivity index (χ0v) is 21.8. The van der Waals surface area contributed by atoms with E-state index >= 15 is 0 Å². The molecule has 188 valence electrons. The van der Waals surface area contributed by atoms with Gasteiger partial charge < -0.3 is 25.1 Å². The van der Waals surface area contributed by atoms with Crippen LogP contribution in [-0.4, -0.2) is 64.5 Å². The van der Waals surface area contributed by atoms with Gasteiger partial charge in [0, 0.05) is 23.7 Å². The van der Waals surface area contributed by atoms with Gasteiger partial charge in [-0.25, -0.2) is 4.98 Å². The highest BCUT2D eigenvalue weighted by molar-refractivity contribution is 7.99. The molecule has 1 saturated heterocycles. The standard InChI is InChI=1S/C27H36N4O3S/c1-27(2,3)34-26(32)21(28)17-35-20-9-7-8-18(16-20)24(33-19-12-14-31(4)15-13-19)25-29-22-10-5-6-11-23(22)30-25/h5-11,16,19,21,24H,12-15,17,28H2,1-4H3,(H,29,30). The van der Waals surface area contributed by atoms with Crippen molar-refractivity contribution in [2.45, 2.75) is 62.4 Å². The number of thioether (sulfide) groups is 1. The molecule has 3 N–H and O–H groups in total. The number of nitrogens with two attached hydrogens (primary N) is 1. The summed E-state index contributed by atoms with van der Waals surface area (Å²) in [5, 5.41) is 0. The molecule has 7 nitrogen and oxygen atoms in total.